The number of benzene rings is 1. The zero-order valence-corrected chi connectivity index (χ0v) is 22.1. The summed E-state index contributed by atoms with van der Waals surface area (Å²) < 4.78 is 0. The lowest BCUT2D eigenvalue weighted by Crippen LogP contribution is -2.38. The molecule has 0 atom stereocenters. The smallest absolute Gasteiger partial charge is 0.237 e. The number of H-pyrrole nitrogens is 1. The third-order valence-electron chi connectivity index (χ3n) is 5.14. The summed E-state index contributed by atoms with van der Waals surface area (Å²) in [7, 11) is 0. The first-order valence-corrected chi connectivity index (χ1v) is 12.8. The van der Waals surface area contributed by atoms with E-state index in [9.17, 15) is 4.79 Å². The van der Waals surface area contributed by atoms with E-state index in [1.165, 1.54) is 11.8 Å². The Bertz CT molecular complexity index is 1390. The molecule has 0 radical (unpaired) electrons. The Kier molecular flexibility index (Phi) is 8.17. The number of thioether (sulfide) groups is 1. The average molecular weight is 523 g/mol. The molecule has 1 amide bonds. The van der Waals surface area contributed by atoms with Gasteiger partial charge in [-0.3, -0.25) is 20.4 Å². The predicted octanol–water partition coefficient (Wildman–Crippen LogP) is 4.55. The Morgan fingerprint density at radius 3 is 2.36 bits per heavy atom. The van der Waals surface area contributed by atoms with Crippen molar-refractivity contribution in [1.82, 2.24) is 30.2 Å². The van der Waals surface area contributed by atoms with Crippen LogP contribution in [0.4, 0.5) is 5.95 Å². The van der Waals surface area contributed by atoms with Crippen LogP contribution in [0.3, 0.4) is 0 Å². The maximum absolute atomic E-state index is 12.8. The summed E-state index contributed by atoms with van der Waals surface area (Å²) in [4.78, 5) is 38.2. The Labute approximate surface area is 218 Å². The molecule has 3 heterocycles. The van der Waals surface area contributed by atoms with Gasteiger partial charge in [-0.25, -0.2) is 19.9 Å². The van der Waals surface area contributed by atoms with E-state index in [1.807, 2.05) is 64.2 Å². The molecule has 0 bridgehead atoms. The number of aliphatic imine (C=N–C) groups is 1. The van der Waals surface area contributed by atoms with Gasteiger partial charge in [-0.1, -0.05) is 23.4 Å². The Morgan fingerprint density at radius 2 is 1.67 bits per heavy atom. The molecule has 0 aliphatic heterocycles. The summed E-state index contributed by atoms with van der Waals surface area (Å²) >= 11 is 7.44. The molecule has 0 saturated heterocycles. The summed E-state index contributed by atoms with van der Waals surface area (Å²) in [6.07, 6.45) is 2.61. The number of fused-ring (bicyclic) bond motifs is 1. The minimum absolute atomic E-state index is 0.137. The molecular formula is C25H27ClN8OS. The highest BCUT2D eigenvalue weighted by atomic mass is 35.5. The Morgan fingerprint density at radius 1 is 1.00 bits per heavy atom. The number of carbonyl (C=O) groups is 1. The molecule has 3 aromatic heterocycles. The second kappa shape index (κ2) is 11.5. The van der Waals surface area contributed by atoms with Gasteiger partial charge in [0.1, 0.15) is 0 Å². The lowest BCUT2D eigenvalue weighted by atomic mass is 10.1. The third kappa shape index (κ3) is 7.02. The van der Waals surface area contributed by atoms with E-state index in [2.05, 4.69) is 40.5 Å². The molecule has 0 unspecified atom stereocenters. The molecule has 36 heavy (non-hydrogen) atoms. The fourth-order valence-corrected chi connectivity index (χ4v) is 4.62. The molecule has 9 nitrogen and oxygen atoms in total. The van der Waals surface area contributed by atoms with Crippen molar-refractivity contribution in [2.75, 3.05) is 17.6 Å². The number of aromatic amines is 1. The van der Waals surface area contributed by atoms with Crippen LogP contribution in [0.2, 0.25) is 5.02 Å². The zero-order chi connectivity index (χ0) is 25.7. The van der Waals surface area contributed by atoms with Crippen molar-refractivity contribution in [3.63, 3.8) is 0 Å². The highest BCUT2D eigenvalue weighted by Crippen LogP contribution is 2.22. The first-order chi connectivity index (χ1) is 17.2. The van der Waals surface area contributed by atoms with Crippen LogP contribution in [-0.2, 0) is 11.2 Å². The lowest BCUT2D eigenvalue weighted by molar-refractivity contribution is -0.117. The number of guanidine groups is 1. The summed E-state index contributed by atoms with van der Waals surface area (Å²) in [6, 6.07) is 9.51. The summed E-state index contributed by atoms with van der Waals surface area (Å²) in [6.45, 7) is 8.01. The topological polar surface area (TPSA) is 121 Å². The van der Waals surface area contributed by atoms with E-state index in [-0.39, 0.29) is 17.6 Å². The number of hydrogen-bond acceptors (Lipinski definition) is 7. The van der Waals surface area contributed by atoms with Crippen molar-refractivity contribution in [2.45, 2.75) is 39.3 Å². The van der Waals surface area contributed by atoms with E-state index < -0.39 is 0 Å². The maximum atomic E-state index is 12.8. The molecule has 0 spiro atoms. The van der Waals surface area contributed by atoms with E-state index in [4.69, 9.17) is 11.6 Å². The highest BCUT2D eigenvalue weighted by molar-refractivity contribution is 7.99. The standard InChI is InChI=1S/C25H27ClN8OS/c1-14-9-15(2)30-24(29-14)34-23(33-22(35)13-36-25-31-16(3)10-17(4)32-25)27-8-7-18-12-28-21-6-5-19(26)11-20(18)21/h5-6,9-12,28H,7-8,13H2,1-4H3,(H2,27,29,30,33,34,35). The lowest BCUT2D eigenvalue weighted by Gasteiger charge is -2.11. The van der Waals surface area contributed by atoms with Gasteiger partial charge in [0.15, 0.2) is 5.16 Å². The van der Waals surface area contributed by atoms with Gasteiger partial charge in [0.2, 0.25) is 17.8 Å². The van der Waals surface area contributed by atoms with Crippen LogP contribution in [0.1, 0.15) is 28.3 Å². The number of anilines is 1. The van der Waals surface area contributed by atoms with Crippen LogP contribution in [-0.4, -0.2) is 49.1 Å². The SMILES string of the molecule is Cc1cc(C)nc(NC(=NCCc2c[nH]c3ccc(Cl)cc23)NC(=O)CSc2nc(C)cc(C)n2)n1. The molecule has 3 N–H and O–H groups in total. The van der Waals surface area contributed by atoms with Crippen molar-refractivity contribution < 1.29 is 4.79 Å². The van der Waals surface area contributed by atoms with Crippen LogP contribution in [0, 0.1) is 27.7 Å². The summed E-state index contributed by atoms with van der Waals surface area (Å²) in [5, 5.41) is 8.20. The Balaban J connectivity index is 1.47. The zero-order valence-electron chi connectivity index (χ0n) is 20.5. The highest BCUT2D eigenvalue weighted by Gasteiger charge is 2.12. The first-order valence-electron chi connectivity index (χ1n) is 11.4. The van der Waals surface area contributed by atoms with Crippen LogP contribution < -0.4 is 10.6 Å². The molecule has 0 fully saturated rings. The molecular weight excluding hydrogens is 496 g/mol. The molecule has 0 aliphatic carbocycles. The van der Waals surface area contributed by atoms with Gasteiger partial charge in [-0.2, -0.15) is 0 Å². The van der Waals surface area contributed by atoms with Crippen molar-refractivity contribution in [2.24, 2.45) is 4.99 Å². The van der Waals surface area contributed by atoms with Crippen molar-refractivity contribution in [3.8, 4) is 0 Å². The van der Waals surface area contributed by atoms with E-state index >= 15 is 0 Å². The molecule has 0 saturated carbocycles. The molecule has 1 aromatic carbocycles. The molecule has 4 rings (SSSR count). The van der Waals surface area contributed by atoms with E-state index in [1.54, 1.807) is 0 Å². The quantitative estimate of drug-likeness (QED) is 0.141. The Hall–Kier alpha value is -3.50. The van der Waals surface area contributed by atoms with Crippen molar-refractivity contribution >= 4 is 52.1 Å². The molecule has 4 aromatic rings. The largest absolute Gasteiger partial charge is 0.361 e. The van der Waals surface area contributed by atoms with Gasteiger partial charge in [-0.05, 0) is 70.0 Å². The van der Waals surface area contributed by atoms with Gasteiger partial charge in [0.05, 0.1) is 5.75 Å². The number of aryl methyl sites for hydroxylation is 4. The van der Waals surface area contributed by atoms with Gasteiger partial charge in [-0.15, -0.1) is 0 Å². The number of hydrogen-bond donors (Lipinski definition) is 3. The molecule has 11 heteroatoms. The second-order valence-corrected chi connectivity index (χ2v) is 9.73. The number of amides is 1. The van der Waals surface area contributed by atoms with Crippen molar-refractivity contribution in [1.29, 1.82) is 0 Å². The summed E-state index contributed by atoms with van der Waals surface area (Å²) in [5.41, 5.74) is 5.45. The maximum Gasteiger partial charge on any atom is 0.237 e. The minimum atomic E-state index is -0.239. The number of rotatable bonds is 7. The molecule has 0 aliphatic rings. The second-order valence-electron chi connectivity index (χ2n) is 8.35. The minimum Gasteiger partial charge on any atom is -0.361 e. The van der Waals surface area contributed by atoms with E-state index in [0.29, 0.717) is 29.1 Å². The van der Waals surface area contributed by atoms with Gasteiger partial charge in [0.25, 0.3) is 0 Å². The number of halogens is 1. The third-order valence-corrected chi connectivity index (χ3v) is 6.23. The van der Waals surface area contributed by atoms with Crippen LogP contribution in [0.5, 0.6) is 0 Å². The van der Waals surface area contributed by atoms with Gasteiger partial charge < -0.3 is 4.98 Å². The number of nitrogens with one attached hydrogen (secondary N) is 3. The van der Waals surface area contributed by atoms with Crippen LogP contribution in [0.25, 0.3) is 10.9 Å². The number of nitrogens with zero attached hydrogens (tertiary/aromatic N) is 5. The normalized spacial score (nSPS) is 11.6. The number of aromatic nitrogens is 5. The van der Waals surface area contributed by atoms with Crippen molar-refractivity contribution in [3.05, 3.63) is 69.9 Å². The predicted molar refractivity (Wildman–Crippen MR) is 145 cm³/mol. The van der Waals surface area contributed by atoms with Crippen LogP contribution in [0.15, 0.2) is 46.7 Å². The van der Waals surface area contributed by atoms with Crippen LogP contribution >= 0.6 is 23.4 Å². The molecule has 186 valence electrons. The van der Waals surface area contributed by atoms with Gasteiger partial charge in [0, 0.05) is 51.4 Å². The number of carbonyl (C=O) groups excluding carboxylic acids is 1. The van der Waals surface area contributed by atoms with Gasteiger partial charge >= 0.3 is 0 Å². The summed E-state index contributed by atoms with van der Waals surface area (Å²) in [5.74, 6) is 0.552. The fraction of sp³-hybridized carbons (Fsp3) is 0.280. The fourth-order valence-electron chi connectivity index (χ4n) is 3.70. The monoisotopic (exact) mass is 522 g/mol. The van der Waals surface area contributed by atoms with E-state index in [0.717, 1.165) is 39.2 Å². The first kappa shape index (κ1) is 25.6. The average Bonchev–Trinajstić information content (AvgIpc) is 3.18.